The molecule has 0 fully saturated rings. The largest absolute Gasteiger partial charge is 0.102 e. The highest BCUT2D eigenvalue weighted by Crippen LogP contribution is 2.02. The summed E-state index contributed by atoms with van der Waals surface area (Å²) in [5.74, 6) is 2.21. The third-order valence-corrected chi connectivity index (χ3v) is 1.09. The van der Waals surface area contributed by atoms with Crippen LogP contribution >= 0.6 is 8.58 Å². The first kappa shape index (κ1) is 6.17. The Kier molecular flexibility index (Phi) is 5.32. The monoisotopic (exact) mass is 102 g/mol. The fraction of sp³-hybridized carbons (Fsp3) is 0.600. The minimum Gasteiger partial charge on any atom is -0.102 e. The third kappa shape index (κ3) is 4.17. The van der Waals surface area contributed by atoms with E-state index in [9.17, 15) is 0 Å². The molecule has 0 aliphatic carbocycles. The molecule has 0 nitrogen and oxygen atoms in total. The molecule has 0 aromatic rings. The molecule has 0 spiro atoms. The summed E-state index contributed by atoms with van der Waals surface area (Å²) < 4.78 is 0. The predicted octanol–water partition coefficient (Wildman–Crippen LogP) is 2.22. The molecule has 0 bridgehead atoms. The van der Waals surface area contributed by atoms with Crippen molar-refractivity contribution in [3.8, 4) is 0 Å². The van der Waals surface area contributed by atoms with Crippen molar-refractivity contribution >= 4 is 8.58 Å². The summed E-state index contributed by atoms with van der Waals surface area (Å²) in [5.41, 5.74) is 0. The van der Waals surface area contributed by atoms with Crippen LogP contribution in [0.5, 0.6) is 0 Å². The van der Waals surface area contributed by atoms with E-state index in [0.717, 1.165) is 8.58 Å². The summed E-state index contributed by atoms with van der Waals surface area (Å²) in [7, 11) is 0.984. The second-order valence-corrected chi connectivity index (χ2v) is 2.01. The SMILES string of the molecule is CCC=CPC. The summed E-state index contributed by atoms with van der Waals surface area (Å²) in [6.45, 7) is 4.32. The normalized spacial score (nSPS) is 12.3. The minimum absolute atomic E-state index is 0.984. The molecule has 0 heterocycles. The first-order valence-corrected chi connectivity index (χ1v) is 3.81. The topological polar surface area (TPSA) is 0 Å². The van der Waals surface area contributed by atoms with E-state index in [1.54, 1.807) is 0 Å². The molecule has 0 rings (SSSR count). The van der Waals surface area contributed by atoms with Gasteiger partial charge in [-0.2, -0.15) is 0 Å². The number of allylic oxidation sites excluding steroid dienone is 1. The minimum atomic E-state index is 0.984. The van der Waals surface area contributed by atoms with Gasteiger partial charge >= 0.3 is 0 Å². The zero-order valence-electron chi connectivity index (χ0n) is 4.36. The highest BCUT2D eigenvalue weighted by molar-refractivity contribution is 7.40. The lowest BCUT2D eigenvalue weighted by Crippen LogP contribution is -1.44. The van der Waals surface area contributed by atoms with Crippen LogP contribution in [0.15, 0.2) is 11.9 Å². The molecule has 0 aliphatic rings. The van der Waals surface area contributed by atoms with Gasteiger partial charge in [0.15, 0.2) is 0 Å². The van der Waals surface area contributed by atoms with Crippen molar-refractivity contribution in [2.24, 2.45) is 0 Å². The van der Waals surface area contributed by atoms with Gasteiger partial charge in [0.25, 0.3) is 0 Å². The maximum atomic E-state index is 2.21. The van der Waals surface area contributed by atoms with Crippen molar-refractivity contribution in [2.45, 2.75) is 13.3 Å². The van der Waals surface area contributed by atoms with Gasteiger partial charge in [0.1, 0.15) is 0 Å². The Hall–Kier alpha value is 0.170. The first-order valence-electron chi connectivity index (χ1n) is 2.24. The molecule has 0 aliphatic heterocycles. The van der Waals surface area contributed by atoms with Crippen molar-refractivity contribution < 1.29 is 0 Å². The fourth-order valence-electron chi connectivity index (χ4n) is 0.236. The molecule has 0 saturated carbocycles. The van der Waals surface area contributed by atoms with Crippen LogP contribution in [0.4, 0.5) is 0 Å². The third-order valence-electron chi connectivity index (χ3n) is 0.520. The van der Waals surface area contributed by atoms with Crippen LogP contribution in [-0.4, -0.2) is 6.66 Å². The standard InChI is InChI=1S/C5H11P/c1-3-4-5-6-2/h4-6H,3H2,1-2H3. The Morgan fingerprint density at radius 2 is 2.33 bits per heavy atom. The maximum Gasteiger partial charge on any atom is -0.0376 e. The molecule has 0 aromatic heterocycles. The summed E-state index contributed by atoms with van der Waals surface area (Å²) in [6, 6.07) is 0. The summed E-state index contributed by atoms with van der Waals surface area (Å²) in [6.07, 6.45) is 3.37. The van der Waals surface area contributed by atoms with Gasteiger partial charge in [-0.15, -0.1) is 8.58 Å². The van der Waals surface area contributed by atoms with Crippen LogP contribution in [0, 0.1) is 0 Å². The van der Waals surface area contributed by atoms with E-state index in [1.165, 1.54) is 6.42 Å². The zero-order chi connectivity index (χ0) is 4.83. The van der Waals surface area contributed by atoms with E-state index in [4.69, 9.17) is 0 Å². The predicted molar refractivity (Wildman–Crippen MR) is 33.7 cm³/mol. The summed E-state index contributed by atoms with van der Waals surface area (Å²) >= 11 is 0. The number of hydrogen-bond donors (Lipinski definition) is 0. The van der Waals surface area contributed by atoms with Crippen molar-refractivity contribution in [3.63, 3.8) is 0 Å². The van der Waals surface area contributed by atoms with Gasteiger partial charge in [0.2, 0.25) is 0 Å². The quantitative estimate of drug-likeness (QED) is 0.469. The van der Waals surface area contributed by atoms with Crippen LogP contribution in [-0.2, 0) is 0 Å². The second-order valence-electron chi connectivity index (χ2n) is 1.10. The van der Waals surface area contributed by atoms with E-state index >= 15 is 0 Å². The van der Waals surface area contributed by atoms with E-state index in [1.807, 2.05) is 0 Å². The molecule has 0 N–H and O–H groups in total. The van der Waals surface area contributed by atoms with Crippen LogP contribution in [0.1, 0.15) is 13.3 Å². The van der Waals surface area contributed by atoms with Gasteiger partial charge in [-0.1, -0.05) is 18.8 Å². The Morgan fingerprint density at radius 1 is 1.67 bits per heavy atom. The molecular formula is C5H11P. The molecular weight excluding hydrogens is 91.0 g/mol. The lowest BCUT2D eigenvalue weighted by Gasteiger charge is -1.73. The maximum absolute atomic E-state index is 2.21. The van der Waals surface area contributed by atoms with Crippen LogP contribution in [0.2, 0.25) is 0 Å². The van der Waals surface area contributed by atoms with Crippen LogP contribution < -0.4 is 0 Å². The smallest absolute Gasteiger partial charge is 0.0376 e. The molecule has 0 amide bonds. The Labute approximate surface area is 41.4 Å². The van der Waals surface area contributed by atoms with Gasteiger partial charge in [-0.3, -0.25) is 0 Å². The van der Waals surface area contributed by atoms with Gasteiger partial charge in [0.05, 0.1) is 0 Å². The highest BCUT2D eigenvalue weighted by atomic mass is 31.1. The summed E-state index contributed by atoms with van der Waals surface area (Å²) in [5, 5.41) is 0. The molecule has 36 valence electrons. The molecule has 0 aromatic carbocycles. The van der Waals surface area contributed by atoms with Crippen LogP contribution in [0.25, 0.3) is 0 Å². The van der Waals surface area contributed by atoms with Crippen molar-refractivity contribution in [3.05, 3.63) is 11.9 Å². The van der Waals surface area contributed by atoms with E-state index in [2.05, 4.69) is 25.5 Å². The van der Waals surface area contributed by atoms with Crippen molar-refractivity contribution in [1.82, 2.24) is 0 Å². The lowest BCUT2D eigenvalue weighted by atomic mass is 10.5. The van der Waals surface area contributed by atoms with E-state index < -0.39 is 0 Å². The van der Waals surface area contributed by atoms with Gasteiger partial charge < -0.3 is 0 Å². The number of rotatable bonds is 2. The van der Waals surface area contributed by atoms with Crippen molar-refractivity contribution in [2.75, 3.05) is 6.66 Å². The molecule has 1 heteroatoms. The van der Waals surface area contributed by atoms with Gasteiger partial charge in [-0.25, -0.2) is 0 Å². The lowest BCUT2D eigenvalue weighted by molar-refractivity contribution is 1.23. The van der Waals surface area contributed by atoms with E-state index in [0.29, 0.717) is 0 Å². The molecule has 0 radical (unpaired) electrons. The molecule has 1 unspecified atom stereocenters. The summed E-state index contributed by atoms with van der Waals surface area (Å²) in [4.78, 5) is 0. The average Bonchev–Trinajstić information content (AvgIpc) is 1.61. The van der Waals surface area contributed by atoms with E-state index in [-0.39, 0.29) is 0 Å². The Bertz CT molecular complexity index is 33.2. The van der Waals surface area contributed by atoms with Crippen LogP contribution in [0.3, 0.4) is 0 Å². The fourth-order valence-corrected chi connectivity index (χ4v) is 0.707. The zero-order valence-corrected chi connectivity index (χ0v) is 5.36. The highest BCUT2D eigenvalue weighted by Gasteiger charge is 1.59. The Morgan fingerprint density at radius 3 is 2.50 bits per heavy atom. The van der Waals surface area contributed by atoms with Gasteiger partial charge in [-0.05, 0) is 13.1 Å². The van der Waals surface area contributed by atoms with Gasteiger partial charge in [0, 0.05) is 0 Å². The molecule has 6 heavy (non-hydrogen) atoms. The molecule has 1 atom stereocenters. The second kappa shape index (κ2) is 5.17. The number of hydrogen-bond acceptors (Lipinski definition) is 0. The Balaban J connectivity index is 2.73. The first-order chi connectivity index (χ1) is 2.91. The average molecular weight is 102 g/mol. The van der Waals surface area contributed by atoms with Crippen molar-refractivity contribution in [1.29, 1.82) is 0 Å². The molecule has 0 saturated heterocycles.